The maximum atomic E-state index is 9.09. The van der Waals surface area contributed by atoms with Gasteiger partial charge in [0.2, 0.25) is 0 Å². The Morgan fingerprint density at radius 3 is 2.54 bits per heavy atom. The number of benzene rings is 2. The number of aliphatic hydroxyl groups is 1. The average molecular weight is 380 g/mol. The van der Waals surface area contributed by atoms with E-state index in [1.807, 2.05) is 41.0 Å². The number of thioether (sulfide) groups is 1. The number of halogens is 2. The molecule has 0 bridgehead atoms. The molecule has 0 fully saturated rings. The molecule has 0 unspecified atom stereocenters. The predicted molar refractivity (Wildman–Crippen MR) is 98.8 cm³/mol. The normalized spacial score (nSPS) is 11.0. The van der Waals surface area contributed by atoms with Crippen molar-refractivity contribution in [2.24, 2.45) is 0 Å². The van der Waals surface area contributed by atoms with Crippen LogP contribution in [0.4, 0.5) is 0 Å². The molecule has 0 aliphatic rings. The van der Waals surface area contributed by atoms with Crippen molar-refractivity contribution >= 4 is 35.0 Å². The first-order valence-corrected chi connectivity index (χ1v) is 9.09. The van der Waals surface area contributed by atoms with E-state index in [9.17, 15) is 0 Å². The van der Waals surface area contributed by atoms with E-state index in [0.29, 0.717) is 28.2 Å². The van der Waals surface area contributed by atoms with E-state index < -0.39 is 0 Å². The van der Waals surface area contributed by atoms with Gasteiger partial charge in [-0.25, -0.2) is 0 Å². The Bertz CT molecular complexity index is 824. The number of hydrogen-bond donors (Lipinski definition) is 1. The van der Waals surface area contributed by atoms with Crippen molar-refractivity contribution in [3.8, 4) is 11.4 Å². The van der Waals surface area contributed by atoms with Gasteiger partial charge in [-0.15, -0.1) is 10.2 Å². The predicted octanol–water partition coefficient (Wildman–Crippen LogP) is 4.38. The van der Waals surface area contributed by atoms with Crippen molar-refractivity contribution in [2.45, 2.75) is 11.7 Å². The molecule has 1 N–H and O–H groups in total. The molecule has 0 saturated carbocycles. The largest absolute Gasteiger partial charge is 0.396 e. The second kappa shape index (κ2) is 8.03. The van der Waals surface area contributed by atoms with Crippen molar-refractivity contribution in [1.29, 1.82) is 0 Å². The van der Waals surface area contributed by atoms with E-state index >= 15 is 0 Å². The molecule has 1 heterocycles. The molecule has 0 radical (unpaired) electrons. The van der Waals surface area contributed by atoms with Gasteiger partial charge in [-0.3, -0.25) is 4.57 Å². The fourth-order valence-electron chi connectivity index (χ4n) is 2.31. The maximum absolute atomic E-state index is 9.09. The zero-order chi connectivity index (χ0) is 16.9. The highest BCUT2D eigenvalue weighted by atomic mass is 35.5. The molecule has 2 aromatic carbocycles. The van der Waals surface area contributed by atoms with Crippen molar-refractivity contribution in [3.05, 3.63) is 64.1 Å². The van der Waals surface area contributed by atoms with Gasteiger partial charge < -0.3 is 5.11 Å². The molecule has 1 aromatic heterocycles. The van der Waals surface area contributed by atoms with Gasteiger partial charge in [0.25, 0.3) is 0 Å². The van der Waals surface area contributed by atoms with E-state index in [1.165, 1.54) is 11.8 Å². The third kappa shape index (κ3) is 3.92. The van der Waals surface area contributed by atoms with Gasteiger partial charge in [0.1, 0.15) is 0 Å². The Labute approximate surface area is 154 Å². The van der Waals surface area contributed by atoms with E-state index in [-0.39, 0.29) is 6.61 Å². The summed E-state index contributed by atoms with van der Waals surface area (Å²) in [4.78, 5) is 0. The third-order valence-electron chi connectivity index (χ3n) is 3.39. The summed E-state index contributed by atoms with van der Waals surface area (Å²) < 4.78 is 2.00. The van der Waals surface area contributed by atoms with Crippen molar-refractivity contribution in [1.82, 2.24) is 14.8 Å². The number of aromatic nitrogens is 3. The van der Waals surface area contributed by atoms with Crippen LogP contribution < -0.4 is 0 Å². The summed E-state index contributed by atoms with van der Waals surface area (Å²) in [6, 6.07) is 15.4. The van der Waals surface area contributed by atoms with Gasteiger partial charge in [-0.2, -0.15) is 0 Å². The summed E-state index contributed by atoms with van der Waals surface area (Å²) >= 11 is 13.8. The molecular formula is C17H15Cl2N3OS. The molecule has 0 atom stereocenters. The highest BCUT2D eigenvalue weighted by Gasteiger charge is 2.17. The van der Waals surface area contributed by atoms with Crippen LogP contribution in [0.15, 0.2) is 53.7 Å². The SMILES string of the molecule is OCCSc1nnc(-c2ccc(Cl)cc2Cl)n1Cc1ccccc1. The van der Waals surface area contributed by atoms with Crippen LogP contribution in [0.3, 0.4) is 0 Å². The molecule has 7 heteroatoms. The Hall–Kier alpha value is -1.53. The van der Waals surface area contributed by atoms with Crippen molar-refractivity contribution < 1.29 is 5.11 Å². The first kappa shape index (κ1) is 17.3. The standard InChI is InChI=1S/C17H15Cl2N3OS/c18-13-6-7-14(15(19)10-13)16-20-21-17(24-9-8-23)22(16)11-12-4-2-1-3-5-12/h1-7,10,23H,8-9,11H2. The van der Waals surface area contributed by atoms with Crippen LogP contribution in [0.2, 0.25) is 10.0 Å². The minimum absolute atomic E-state index is 0.0832. The van der Waals surface area contributed by atoms with Gasteiger partial charge in [0, 0.05) is 16.3 Å². The topological polar surface area (TPSA) is 50.9 Å². The molecule has 124 valence electrons. The quantitative estimate of drug-likeness (QED) is 0.645. The fourth-order valence-corrected chi connectivity index (χ4v) is 3.48. The maximum Gasteiger partial charge on any atom is 0.191 e. The van der Waals surface area contributed by atoms with Gasteiger partial charge in [-0.05, 0) is 23.8 Å². The lowest BCUT2D eigenvalue weighted by atomic mass is 10.2. The average Bonchev–Trinajstić information content (AvgIpc) is 2.96. The lowest BCUT2D eigenvalue weighted by Gasteiger charge is -2.11. The number of nitrogens with zero attached hydrogens (tertiary/aromatic N) is 3. The summed E-state index contributed by atoms with van der Waals surface area (Å²) in [5.74, 6) is 1.24. The van der Waals surface area contributed by atoms with Gasteiger partial charge >= 0.3 is 0 Å². The molecule has 24 heavy (non-hydrogen) atoms. The van der Waals surface area contributed by atoms with E-state index in [4.69, 9.17) is 28.3 Å². The summed E-state index contributed by atoms with van der Waals surface area (Å²) in [7, 11) is 0. The van der Waals surface area contributed by atoms with Crippen molar-refractivity contribution in [2.75, 3.05) is 12.4 Å². The first-order chi connectivity index (χ1) is 11.7. The molecule has 4 nitrogen and oxygen atoms in total. The van der Waals surface area contributed by atoms with Gasteiger partial charge in [-0.1, -0.05) is 65.3 Å². The molecular weight excluding hydrogens is 365 g/mol. The Kier molecular flexibility index (Phi) is 5.79. The molecule has 3 aromatic rings. The Balaban J connectivity index is 2.03. The highest BCUT2D eigenvalue weighted by molar-refractivity contribution is 7.99. The smallest absolute Gasteiger partial charge is 0.191 e. The molecule has 0 amide bonds. The van der Waals surface area contributed by atoms with Gasteiger partial charge in [0.15, 0.2) is 11.0 Å². The summed E-state index contributed by atoms with van der Waals surface area (Å²) in [6.45, 7) is 0.704. The molecule has 0 aliphatic carbocycles. The summed E-state index contributed by atoms with van der Waals surface area (Å²) in [5, 5.41) is 19.5. The second-order valence-electron chi connectivity index (χ2n) is 5.07. The number of hydrogen-bond acceptors (Lipinski definition) is 4. The first-order valence-electron chi connectivity index (χ1n) is 7.35. The zero-order valence-electron chi connectivity index (χ0n) is 12.7. The summed E-state index contributed by atoms with van der Waals surface area (Å²) in [6.07, 6.45) is 0. The summed E-state index contributed by atoms with van der Waals surface area (Å²) in [5.41, 5.74) is 1.91. The monoisotopic (exact) mass is 379 g/mol. The van der Waals surface area contributed by atoms with Crippen LogP contribution in [0.1, 0.15) is 5.56 Å². The van der Waals surface area contributed by atoms with E-state index in [0.717, 1.165) is 16.3 Å². The van der Waals surface area contributed by atoms with Crippen LogP contribution in [0.25, 0.3) is 11.4 Å². The minimum Gasteiger partial charge on any atom is -0.396 e. The lowest BCUT2D eigenvalue weighted by Crippen LogP contribution is -2.05. The van der Waals surface area contributed by atoms with Crippen LogP contribution in [-0.2, 0) is 6.54 Å². The minimum atomic E-state index is 0.0832. The molecule has 0 spiro atoms. The van der Waals surface area contributed by atoms with Crippen LogP contribution in [-0.4, -0.2) is 32.2 Å². The Morgan fingerprint density at radius 1 is 1.04 bits per heavy atom. The van der Waals surface area contributed by atoms with Crippen LogP contribution >= 0.6 is 35.0 Å². The van der Waals surface area contributed by atoms with Gasteiger partial charge in [0.05, 0.1) is 18.2 Å². The van der Waals surface area contributed by atoms with Crippen LogP contribution in [0.5, 0.6) is 0 Å². The third-order valence-corrected chi connectivity index (χ3v) is 4.89. The van der Waals surface area contributed by atoms with Crippen LogP contribution in [0, 0.1) is 0 Å². The van der Waals surface area contributed by atoms with E-state index in [1.54, 1.807) is 12.1 Å². The molecule has 0 saturated heterocycles. The number of aliphatic hydroxyl groups excluding tert-OH is 1. The second-order valence-corrected chi connectivity index (χ2v) is 6.98. The van der Waals surface area contributed by atoms with E-state index in [2.05, 4.69) is 10.2 Å². The number of rotatable bonds is 6. The van der Waals surface area contributed by atoms with Crippen molar-refractivity contribution in [3.63, 3.8) is 0 Å². The molecule has 0 aliphatic heterocycles. The molecule has 3 rings (SSSR count). The Morgan fingerprint density at radius 2 is 1.83 bits per heavy atom. The highest BCUT2D eigenvalue weighted by Crippen LogP contribution is 2.31. The zero-order valence-corrected chi connectivity index (χ0v) is 15.0. The fraction of sp³-hybridized carbons (Fsp3) is 0.176. The lowest BCUT2D eigenvalue weighted by molar-refractivity contribution is 0.322.